The van der Waals surface area contributed by atoms with Gasteiger partial charge in [0.1, 0.15) is 0 Å². The van der Waals surface area contributed by atoms with Gasteiger partial charge in [-0.2, -0.15) is 0 Å². The van der Waals surface area contributed by atoms with Gasteiger partial charge in [-0.05, 0) is 36.5 Å². The molecular formula is C14H19Cl. The second kappa shape index (κ2) is 6.68. The Morgan fingerprint density at radius 3 is 2.87 bits per heavy atom. The maximum atomic E-state index is 5.67. The molecule has 0 aliphatic rings. The number of halogens is 1. The Labute approximate surface area is 98.0 Å². The van der Waals surface area contributed by atoms with Crippen LogP contribution in [0.4, 0.5) is 0 Å². The van der Waals surface area contributed by atoms with Crippen molar-refractivity contribution in [3.63, 3.8) is 0 Å². The minimum Gasteiger partial charge on any atom is -0.126 e. The maximum absolute atomic E-state index is 5.67. The standard InChI is InChI=1S/C14H19Cl/c1-3-6-13-8-4-9-14(11-13)12(2)7-5-10-15/h4,7-9,11H,3,5-6,10H2,1-2H3/b12-7+. The fourth-order valence-electron chi connectivity index (χ4n) is 1.65. The second-order valence-electron chi connectivity index (χ2n) is 3.82. The van der Waals surface area contributed by atoms with Crippen LogP contribution in [0, 0.1) is 0 Å². The maximum Gasteiger partial charge on any atom is 0.0258 e. The second-order valence-corrected chi connectivity index (χ2v) is 4.19. The van der Waals surface area contributed by atoms with Crippen molar-refractivity contribution in [3.05, 3.63) is 41.5 Å². The van der Waals surface area contributed by atoms with E-state index in [1.165, 1.54) is 23.1 Å². The molecule has 0 bridgehead atoms. The number of allylic oxidation sites excluding steroid dienone is 2. The predicted molar refractivity (Wildman–Crippen MR) is 69.4 cm³/mol. The fourth-order valence-corrected chi connectivity index (χ4v) is 1.76. The molecule has 0 unspecified atom stereocenters. The van der Waals surface area contributed by atoms with Gasteiger partial charge in [0.05, 0.1) is 0 Å². The van der Waals surface area contributed by atoms with Crippen molar-refractivity contribution < 1.29 is 0 Å². The average Bonchev–Trinajstić information content (AvgIpc) is 2.27. The molecular weight excluding hydrogens is 204 g/mol. The number of hydrogen-bond donors (Lipinski definition) is 0. The van der Waals surface area contributed by atoms with Crippen LogP contribution < -0.4 is 0 Å². The van der Waals surface area contributed by atoms with E-state index >= 15 is 0 Å². The molecule has 0 radical (unpaired) electrons. The summed E-state index contributed by atoms with van der Waals surface area (Å²) in [6.07, 6.45) is 5.52. The van der Waals surface area contributed by atoms with Crippen molar-refractivity contribution in [2.75, 3.05) is 5.88 Å². The first-order valence-corrected chi connectivity index (χ1v) is 6.13. The van der Waals surface area contributed by atoms with Gasteiger partial charge in [0.25, 0.3) is 0 Å². The summed E-state index contributed by atoms with van der Waals surface area (Å²) in [5, 5.41) is 0. The molecule has 0 saturated carbocycles. The molecule has 0 amide bonds. The molecule has 1 heteroatoms. The van der Waals surface area contributed by atoms with Gasteiger partial charge in [-0.3, -0.25) is 0 Å². The van der Waals surface area contributed by atoms with E-state index in [0.717, 1.165) is 12.8 Å². The fraction of sp³-hybridized carbons (Fsp3) is 0.429. The van der Waals surface area contributed by atoms with Gasteiger partial charge in [-0.25, -0.2) is 0 Å². The lowest BCUT2D eigenvalue weighted by Crippen LogP contribution is -1.86. The molecule has 0 aliphatic carbocycles. The van der Waals surface area contributed by atoms with E-state index in [-0.39, 0.29) is 0 Å². The highest BCUT2D eigenvalue weighted by atomic mass is 35.5. The number of benzene rings is 1. The number of rotatable bonds is 5. The SMILES string of the molecule is CCCc1cccc(/C(C)=C/CCCl)c1. The van der Waals surface area contributed by atoms with Crippen LogP contribution in [0.2, 0.25) is 0 Å². The highest BCUT2D eigenvalue weighted by molar-refractivity contribution is 6.17. The topological polar surface area (TPSA) is 0 Å². The zero-order valence-corrected chi connectivity index (χ0v) is 10.3. The largest absolute Gasteiger partial charge is 0.126 e. The van der Waals surface area contributed by atoms with Crippen molar-refractivity contribution in [1.29, 1.82) is 0 Å². The van der Waals surface area contributed by atoms with Gasteiger partial charge in [-0.1, -0.05) is 43.7 Å². The van der Waals surface area contributed by atoms with Crippen molar-refractivity contribution in [2.24, 2.45) is 0 Å². The highest BCUT2D eigenvalue weighted by Crippen LogP contribution is 2.17. The van der Waals surface area contributed by atoms with Gasteiger partial charge >= 0.3 is 0 Å². The smallest absolute Gasteiger partial charge is 0.0258 e. The lowest BCUT2D eigenvalue weighted by Gasteiger charge is -2.04. The first kappa shape index (κ1) is 12.3. The van der Waals surface area contributed by atoms with E-state index < -0.39 is 0 Å². The lowest BCUT2D eigenvalue weighted by atomic mass is 10.0. The Bertz CT molecular complexity index is 326. The van der Waals surface area contributed by atoms with Crippen LogP contribution in [0.3, 0.4) is 0 Å². The third kappa shape index (κ3) is 4.09. The van der Waals surface area contributed by atoms with E-state index in [9.17, 15) is 0 Å². The normalized spacial score (nSPS) is 11.8. The first-order chi connectivity index (χ1) is 7.27. The van der Waals surface area contributed by atoms with Crippen LogP contribution >= 0.6 is 11.6 Å². The van der Waals surface area contributed by atoms with Gasteiger partial charge in [-0.15, -0.1) is 11.6 Å². The average molecular weight is 223 g/mol. The Morgan fingerprint density at radius 1 is 1.40 bits per heavy atom. The predicted octanol–water partition coefficient (Wildman–Crippen LogP) is 4.67. The number of alkyl halides is 1. The summed E-state index contributed by atoms with van der Waals surface area (Å²) in [5.74, 6) is 0.700. The van der Waals surface area contributed by atoms with Crippen molar-refractivity contribution in [2.45, 2.75) is 33.1 Å². The van der Waals surface area contributed by atoms with Crippen LogP contribution in [0.1, 0.15) is 37.8 Å². The summed E-state index contributed by atoms with van der Waals surface area (Å²) in [7, 11) is 0. The third-order valence-corrected chi connectivity index (χ3v) is 2.70. The number of hydrogen-bond acceptors (Lipinski definition) is 0. The zero-order chi connectivity index (χ0) is 11.1. The van der Waals surface area contributed by atoms with Crippen LogP contribution in [0.5, 0.6) is 0 Å². The molecule has 82 valence electrons. The van der Waals surface area contributed by atoms with E-state index in [2.05, 4.69) is 44.2 Å². The Morgan fingerprint density at radius 2 is 2.20 bits per heavy atom. The summed E-state index contributed by atoms with van der Waals surface area (Å²) in [5.41, 5.74) is 4.08. The van der Waals surface area contributed by atoms with E-state index in [4.69, 9.17) is 11.6 Å². The molecule has 0 heterocycles. The van der Waals surface area contributed by atoms with Gasteiger partial charge in [0, 0.05) is 5.88 Å². The molecule has 0 aromatic heterocycles. The van der Waals surface area contributed by atoms with Crippen LogP contribution in [0.15, 0.2) is 30.3 Å². The van der Waals surface area contributed by atoms with Crippen LogP contribution in [-0.2, 0) is 6.42 Å². The summed E-state index contributed by atoms with van der Waals surface area (Å²) in [6.45, 7) is 4.36. The lowest BCUT2D eigenvalue weighted by molar-refractivity contribution is 0.921. The van der Waals surface area contributed by atoms with Crippen LogP contribution in [-0.4, -0.2) is 5.88 Å². The third-order valence-electron chi connectivity index (χ3n) is 2.48. The molecule has 15 heavy (non-hydrogen) atoms. The Kier molecular flexibility index (Phi) is 5.49. The van der Waals surface area contributed by atoms with E-state index in [1.54, 1.807) is 0 Å². The summed E-state index contributed by atoms with van der Waals surface area (Å²) in [6, 6.07) is 8.78. The van der Waals surface area contributed by atoms with E-state index in [0.29, 0.717) is 5.88 Å². The molecule has 0 spiro atoms. The van der Waals surface area contributed by atoms with Crippen molar-refractivity contribution in [3.8, 4) is 0 Å². The monoisotopic (exact) mass is 222 g/mol. The van der Waals surface area contributed by atoms with Crippen LogP contribution in [0.25, 0.3) is 5.57 Å². The summed E-state index contributed by atoms with van der Waals surface area (Å²) < 4.78 is 0. The summed E-state index contributed by atoms with van der Waals surface area (Å²) in [4.78, 5) is 0. The quantitative estimate of drug-likeness (QED) is 0.635. The Balaban J connectivity index is 2.80. The van der Waals surface area contributed by atoms with Crippen molar-refractivity contribution in [1.82, 2.24) is 0 Å². The molecule has 0 aliphatic heterocycles. The number of aryl methyl sites for hydroxylation is 1. The van der Waals surface area contributed by atoms with E-state index in [1.807, 2.05) is 0 Å². The van der Waals surface area contributed by atoms with Crippen molar-refractivity contribution >= 4 is 17.2 Å². The minimum absolute atomic E-state index is 0.700. The summed E-state index contributed by atoms with van der Waals surface area (Å²) >= 11 is 5.67. The molecule has 0 N–H and O–H groups in total. The molecule has 0 saturated heterocycles. The van der Waals surface area contributed by atoms with Gasteiger partial charge in [0.2, 0.25) is 0 Å². The molecule has 0 atom stereocenters. The first-order valence-electron chi connectivity index (χ1n) is 5.60. The zero-order valence-electron chi connectivity index (χ0n) is 9.59. The molecule has 1 rings (SSSR count). The molecule has 1 aromatic carbocycles. The molecule has 0 fully saturated rings. The Hall–Kier alpha value is -0.750. The van der Waals surface area contributed by atoms with Gasteiger partial charge in [0.15, 0.2) is 0 Å². The van der Waals surface area contributed by atoms with Gasteiger partial charge < -0.3 is 0 Å². The minimum atomic E-state index is 0.700. The highest BCUT2D eigenvalue weighted by Gasteiger charge is 1.97. The molecule has 0 nitrogen and oxygen atoms in total. The molecule has 1 aromatic rings.